The third-order valence-electron chi connectivity index (χ3n) is 3.32. The molecule has 0 fully saturated rings. The Hall–Kier alpha value is -2.00. The third kappa shape index (κ3) is 4.50. The Bertz CT molecular complexity index is 623. The highest BCUT2D eigenvalue weighted by Crippen LogP contribution is 2.18. The van der Waals surface area contributed by atoms with Crippen LogP contribution in [0.2, 0.25) is 5.02 Å². The Morgan fingerprint density at radius 3 is 2.45 bits per heavy atom. The molecular formula is C18H20ClNO2. The van der Waals surface area contributed by atoms with E-state index in [4.69, 9.17) is 16.3 Å². The van der Waals surface area contributed by atoms with E-state index in [9.17, 15) is 4.79 Å². The molecule has 0 heterocycles. The normalized spacial score (nSPS) is 10.5. The van der Waals surface area contributed by atoms with Crippen LogP contribution in [-0.4, -0.2) is 19.1 Å². The van der Waals surface area contributed by atoms with Gasteiger partial charge < -0.3 is 10.1 Å². The molecule has 0 aliphatic carbocycles. The van der Waals surface area contributed by atoms with Crippen LogP contribution in [0.15, 0.2) is 48.5 Å². The third-order valence-corrected chi connectivity index (χ3v) is 3.65. The highest BCUT2D eigenvalue weighted by Gasteiger charge is 2.08. The van der Waals surface area contributed by atoms with Gasteiger partial charge in [0, 0.05) is 0 Å². The van der Waals surface area contributed by atoms with Gasteiger partial charge in [-0.05, 0) is 35.7 Å². The lowest BCUT2D eigenvalue weighted by Gasteiger charge is -2.10. The van der Waals surface area contributed by atoms with Crippen LogP contribution in [0.3, 0.4) is 0 Å². The van der Waals surface area contributed by atoms with Gasteiger partial charge in [0.25, 0.3) is 5.91 Å². The van der Waals surface area contributed by atoms with Crippen molar-refractivity contribution >= 4 is 17.5 Å². The lowest BCUT2D eigenvalue weighted by Crippen LogP contribution is -2.28. The predicted molar refractivity (Wildman–Crippen MR) is 89.8 cm³/mol. The van der Waals surface area contributed by atoms with Crippen LogP contribution in [0.5, 0.6) is 5.75 Å². The molecule has 116 valence electrons. The summed E-state index contributed by atoms with van der Waals surface area (Å²) in [6, 6.07) is 15.0. The number of rotatable bonds is 6. The lowest BCUT2D eigenvalue weighted by atomic mass is 10.0. The highest BCUT2D eigenvalue weighted by atomic mass is 35.5. The van der Waals surface area contributed by atoms with Crippen molar-refractivity contribution in [3.05, 3.63) is 64.7 Å². The predicted octanol–water partition coefficient (Wildman–Crippen LogP) is 4.27. The van der Waals surface area contributed by atoms with Crippen molar-refractivity contribution in [3.63, 3.8) is 0 Å². The number of amides is 1. The molecule has 2 rings (SSSR count). The minimum absolute atomic E-state index is 0.190. The second kappa shape index (κ2) is 7.85. The summed E-state index contributed by atoms with van der Waals surface area (Å²) < 4.78 is 5.61. The molecule has 0 saturated carbocycles. The Morgan fingerprint density at radius 1 is 1.14 bits per heavy atom. The molecular weight excluding hydrogens is 298 g/mol. The molecule has 1 amide bonds. The number of hydrogen-bond acceptors (Lipinski definition) is 2. The first-order valence-electron chi connectivity index (χ1n) is 7.33. The molecule has 4 heteroatoms. The number of halogens is 1. The van der Waals surface area contributed by atoms with Gasteiger partial charge in [-0.1, -0.05) is 49.7 Å². The van der Waals surface area contributed by atoms with Crippen molar-refractivity contribution in [1.29, 1.82) is 0 Å². The first kappa shape index (κ1) is 16.4. The minimum Gasteiger partial charge on any atom is -0.492 e. The number of carbonyl (C=O) groups excluding carboxylic acids is 1. The average molecular weight is 318 g/mol. The Balaban J connectivity index is 1.77. The van der Waals surface area contributed by atoms with E-state index in [1.807, 2.05) is 12.1 Å². The van der Waals surface area contributed by atoms with Crippen molar-refractivity contribution in [2.75, 3.05) is 13.2 Å². The molecule has 0 saturated heterocycles. The van der Waals surface area contributed by atoms with Crippen LogP contribution in [0.4, 0.5) is 0 Å². The Morgan fingerprint density at radius 2 is 1.82 bits per heavy atom. The van der Waals surface area contributed by atoms with Gasteiger partial charge in [-0.25, -0.2) is 0 Å². The van der Waals surface area contributed by atoms with Crippen LogP contribution in [0.1, 0.15) is 35.7 Å². The molecule has 0 unspecified atom stereocenters. The minimum atomic E-state index is -0.190. The van der Waals surface area contributed by atoms with E-state index in [1.54, 1.807) is 24.3 Å². The summed E-state index contributed by atoms with van der Waals surface area (Å²) in [7, 11) is 0. The van der Waals surface area contributed by atoms with E-state index in [1.165, 1.54) is 5.56 Å². The van der Waals surface area contributed by atoms with Crippen molar-refractivity contribution < 1.29 is 9.53 Å². The molecule has 1 N–H and O–H groups in total. The number of ether oxygens (including phenoxy) is 1. The standard InChI is InChI=1S/C18H20ClNO2/c1-13(2)14-7-9-15(10-8-14)22-12-11-20-18(21)16-5-3-4-6-17(16)19/h3-10,13H,11-12H2,1-2H3,(H,20,21). The SMILES string of the molecule is CC(C)c1ccc(OCCNC(=O)c2ccccc2Cl)cc1. The topological polar surface area (TPSA) is 38.3 Å². The van der Waals surface area contributed by atoms with Crippen molar-refractivity contribution in [2.45, 2.75) is 19.8 Å². The lowest BCUT2D eigenvalue weighted by molar-refractivity contribution is 0.0947. The second-order valence-corrected chi connectivity index (χ2v) is 5.72. The summed E-state index contributed by atoms with van der Waals surface area (Å²) in [5.41, 5.74) is 1.75. The van der Waals surface area contributed by atoms with Gasteiger partial charge in [0.05, 0.1) is 17.1 Å². The summed E-state index contributed by atoms with van der Waals surface area (Å²) in [6.45, 7) is 5.15. The summed E-state index contributed by atoms with van der Waals surface area (Å²) in [5, 5.41) is 3.24. The molecule has 3 nitrogen and oxygen atoms in total. The molecule has 0 radical (unpaired) electrons. The van der Waals surface area contributed by atoms with E-state index in [-0.39, 0.29) is 5.91 Å². The van der Waals surface area contributed by atoms with Gasteiger partial charge in [-0.15, -0.1) is 0 Å². The van der Waals surface area contributed by atoms with Crippen molar-refractivity contribution in [3.8, 4) is 5.75 Å². The first-order valence-corrected chi connectivity index (χ1v) is 7.71. The molecule has 0 bridgehead atoms. The van der Waals surface area contributed by atoms with Crippen LogP contribution in [0, 0.1) is 0 Å². The van der Waals surface area contributed by atoms with Gasteiger partial charge >= 0.3 is 0 Å². The second-order valence-electron chi connectivity index (χ2n) is 5.31. The van der Waals surface area contributed by atoms with Gasteiger partial charge in [-0.3, -0.25) is 4.79 Å². The smallest absolute Gasteiger partial charge is 0.252 e. The molecule has 0 aliphatic rings. The monoisotopic (exact) mass is 317 g/mol. The van der Waals surface area contributed by atoms with Gasteiger partial charge in [0.1, 0.15) is 12.4 Å². The molecule has 2 aromatic carbocycles. The van der Waals surface area contributed by atoms with Crippen LogP contribution >= 0.6 is 11.6 Å². The average Bonchev–Trinajstić information content (AvgIpc) is 2.52. The van der Waals surface area contributed by atoms with Crippen LogP contribution in [-0.2, 0) is 0 Å². The zero-order valence-electron chi connectivity index (χ0n) is 12.8. The summed E-state index contributed by atoms with van der Waals surface area (Å²) in [5.74, 6) is 1.12. The van der Waals surface area contributed by atoms with E-state index in [0.29, 0.717) is 29.7 Å². The summed E-state index contributed by atoms with van der Waals surface area (Å²) >= 11 is 5.98. The zero-order chi connectivity index (χ0) is 15.9. The Kier molecular flexibility index (Phi) is 5.84. The number of carbonyl (C=O) groups is 1. The van der Waals surface area contributed by atoms with Crippen LogP contribution < -0.4 is 10.1 Å². The van der Waals surface area contributed by atoms with Gasteiger partial charge in [0.2, 0.25) is 0 Å². The number of benzene rings is 2. The molecule has 22 heavy (non-hydrogen) atoms. The highest BCUT2D eigenvalue weighted by molar-refractivity contribution is 6.33. The number of hydrogen-bond donors (Lipinski definition) is 1. The summed E-state index contributed by atoms with van der Waals surface area (Å²) in [6.07, 6.45) is 0. The van der Waals surface area contributed by atoms with E-state index < -0.39 is 0 Å². The molecule has 2 aromatic rings. The molecule has 0 aromatic heterocycles. The van der Waals surface area contributed by atoms with Gasteiger partial charge in [0.15, 0.2) is 0 Å². The Labute approximate surface area is 136 Å². The fraction of sp³-hybridized carbons (Fsp3) is 0.278. The van der Waals surface area contributed by atoms with Gasteiger partial charge in [-0.2, -0.15) is 0 Å². The van der Waals surface area contributed by atoms with E-state index >= 15 is 0 Å². The van der Waals surface area contributed by atoms with E-state index in [2.05, 4.69) is 31.3 Å². The molecule has 0 spiro atoms. The maximum absolute atomic E-state index is 11.9. The number of nitrogens with one attached hydrogen (secondary N) is 1. The maximum atomic E-state index is 11.9. The zero-order valence-corrected chi connectivity index (χ0v) is 13.6. The quantitative estimate of drug-likeness (QED) is 0.808. The van der Waals surface area contributed by atoms with Crippen molar-refractivity contribution in [2.24, 2.45) is 0 Å². The fourth-order valence-corrected chi connectivity index (χ4v) is 2.24. The fourth-order valence-electron chi connectivity index (χ4n) is 2.02. The first-order chi connectivity index (χ1) is 10.6. The molecule has 0 aliphatic heterocycles. The maximum Gasteiger partial charge on any atom is 0.252 e. The largest absolute Gasteiger partial charge is 0.492 e. The summed E-state index contributed by atoms with van der Waals surface area (Å²) in [4.78, 5) is 11.9. The van der Waals surface area contributed by atoms with E-state index in [0.717, 1.165) is 5.75 Å². The molecule has 0 atom stereocenters. The van der Waals surface area contributed by atoms with Crippen LogP contribution in [0.25, 0.3) is 0 Å². The van der Waals surface area contributed by atoms with Crippen molar-refractivity contribution in [1.82, 2.24) is 5.32 Å².